The maximum Gasteiger partial charge on any atom is 0.150 e. The molecule has 1 heterocycles. The zero-order valence-corrected chi connectivity index (χ0v) is 9.34. The van der Waals surface area contributed by atoms with Crippen molar-refractivity contribution >= 4 is 0 Å². The summed E-state index contributed by atoms with van der Waals surface area (Å²) in [5.74, 6) is -0.450. The van der Waals surface area contributed by atoms with Gasteiger partial charge in [-0.1, -0.05) is 5.16 Å². The summed E-state index contributed by atoms with van der Waals surface area (Å²) in [4.78, 5) is 0. The minimum absolute atomic E-state index is 0.369. The number of aromatic nitrogens is 1. The topological polar surface area (TPSA) is 38.1 Å². The first-order valence-electron chi connectivity index (χ1n) is 5.21. The summed E-state index contributed by atoms with van der Waals surface area (Å²) >= 11 is 0. The largest absolute Gasteiger partial charge is 0.360 e. The van der Waals surface area contributed by atoms with E-state index >= 15 is 0 Å². The summed E-state index contributed by atoms with van der Waals surface area (Å²) in [6, 6.07) is 5.24. The van der Waals surface area contributed by atoms with E-state index in [0.29, 0.717) is 24.4 Å². The van der Waals surface area contributed by atoms with Gasteiger partial charge in [0.15, 0.2) is 5.76 Å². The summed E-state index contributed by atoms with van der Waals surface area (Å²) in [6.07, 6.45) is 0. The number of hydrogen-bond acceptors (Lipinski definition) is 3. The van der Waals surface area contributed by atoms with Crippen LogP contribution in [0.3, 0.4) is 0 Å². The smallest absolute Gasteiger partial charge is 0.150 e. The van der Waals surface area contributed by atoms with Crippen LogP contribution in [0.2, 0.25) is 0 Å². The maximum absolute atomic E-state index is 12.9. The molecule has 2 aromatic rings. The molecule has 3 nitrogen and oxygen atoms in total. The summed E-state index contributed by atoms with van der Waals surface area (Å²) in [7, 11) is 0. The van der Waals surface area contributed by atoms with Gasteiger partial charge >= 0.3 is 0 Å². The lowest BCUT2D eigenvalue weighted by Gasteiger charge is -2.03. The monoisotopic (exact) mass is 238 g/mol. The minimum Gasteiger partial charge on any atom is -0.360 e. The predicted octanol–water partition coefficient (Wildman–Crippen LogP) is 2.55. The van der Waals surface area contributed by atoms with Crippen LogP contribution in [0.4, 0.5) is 8.78 Å². The molecule has 0 fully saturated rings. The van der Waals surface area contributed by atoms with Gasteiger partial charge in [-0.3, -0.25) is 0 Å². The Bertz CT molecular complexity index is 491. The highest BCUT2D eigenvalue weighted by Crippen LogP contribution is 2.08. The van der Waals surface area contributed by atoms with E-state index in [9.17, 15) is 8.78 Å². The van der Waals surface area contributed by atoms with Crippen LogP contribution in [0.1, 0.15) is 17.0 Å². The van der Waals surface area contributed by atoms with Gasteiger partial charge in [0.05, 0.1) is 12.2 Å². The highest BCUT2D eigenvalue weighted by atomic mass is 19.1. The molecular formula is C12H12F2N2O. The van der Waals surface area contributed by atoms with Crippen LogP contribution in [0.5, 0.6) is 0 Å². The molecule has 2 rings (SSSR count). The quantitative estimate of drug-likeness (QED) is 0.889. The predicted molar refractivity (Wildman–Crippen MR) is 58.1 cm³/mol. The first-order valence-corrected chi connectivity index (χ1v) is 5.21. The van der Waals surface area contributed by atoms with Gasteiger partial charge < -0.3 is 9.84 Å². The standard InChI is InChI=1S/C12H12F2N2O/c1-8-2-12(17-16-8)7-15-6-9-3-10(13)5-11(14)4-9/h2-5,15H,6-7H2,1H3. The number of rotatable bonds is 4. The van der Waals surface area contributed by atoms with Gasteiger partial charge in [0.2, 0.25) is 0 Å². The summed E-state index contributed by atoms with van der Waals surface area (Å²) in [5, 5.41) is 6.75. The highest BCUT2D eigenvalue weighted by Gasteiger charge is 2.02. The van der Waals surface area contributed by atoms with Crippen LogP contribution in [0.15, 0.2) is 28.8 Å². The van der Waals surface area contributed by atoms with E-state index < -0.39 is 11.6 Å². The molecule has 0 aliphatic heterocycles. The fourth-order valence-corrected chi connectivity index (χ4v) is 1.54. The SMILES string of the molecule is Cc1cc(CNCc2cc(F)cc(F)c2)on1. The van der Waals surface area contributed by atoms with Gasteiger partial charge in [0.1, 0.15) is 11.6 Å². The normalized spacial score (nSPS) is 10.8. The van der Waals surface area contributed by atoms with Gasteiger partial charge in [-0.15, -0.1) is 0 Å². The second-order valence-electron chi connectivity index (χ2n) is 3.82. The van der Waals surface area contributed by atoms with E-state index in [2.05, 4.69) is 10.5 Å². The van der Waals surface area contributed by atoms with Crippen molar-refractivity contribution in [3.8, 4) is 0 Å². The van der Waals surface area contributed by atoms with E-state index in [0.717, 1.165) is 11.8 Å². The summed E-state index contributed by atoms with van der Waals surface area (Å²) < 4.78 is 30.8. The Morgan fingerprint density at radius 1 is 1.12 bits per heavy atom. The number of nitrogens with zero attached hydrogens (tertiary/aromatic N) is 1. The first-order chi connectivity index (χ1) is 8.13. The molecule has 0 saturated heterocycles. The molecule has 1 N–H and O–H groups in total. The Morgan fingerprint density at radius 2 is 1.82 bits per heavy atom. The molecule has 0 radical (unpaired) electrons. The number of aryl methyl sites for hydroxylation is 1. The minimum atomic E-state index is -0.572. The fraction of sp³-hybridized carbons (Fsp3) is 0.250. The van der Waals surface area contributed by atoms with Crippen molar-refractivity contribution in [3.05, 3.63) is 52.9 Å². The van der Waals surface area contributed by atoms with Crippen molar-refractivity contribution in [2.45, 2.75) is 20.0 Å². The van der Waals surface area contributed by atoms with Crippen LogP contribution in [-0.2, 0) is 13.1 Å². The number of hydrogen-bond donors (Lipinski definition) is 1. The third kappa shape index (κ3) is 3.35. The molecule has 0 aliphatic rings. The average Bonchev–Trinajstić information content (AvgIpc) is 2.63. The van der Waals surface area contributed by atoms with Crippen LogP contribution in [0, 0.1) is 18.6 Å². The molecule has 5 heteroatoms. The third-order valence-electron chi connectivity index (χ3n) is 2.23. The zero-order chi connectivity index (χ0) is 12.3. The summed E-state index contributed by atoms with van der Waals surface area (Å²) in [5.41, 5.74) is 1.36. The summed E-state index contributed by atoms with van der Waals surface area (Å²) in [6.45, 7) is 2.67. The number of benzene rings is 1. The first kappa shape index (κ1) is 11.7. The highest BCUT2D eigenvalue weighted by molar-refractivity contribution is 5.17. The molecule has 17 heavy (non-hydrogen) atoms. The average molecular weight is 238 g/mol. The van der Waals surface area contributed by atoms with E-state index in [4.69, 9.17) is 4.52 Å². The zero-order valence-electron chi connectivity index (χ0n) is 9.34. The Balaban J connectivity index is 1.89. The van der Waals surface area contributed by atoms with Gasteiger partial charge in [-0.05, 0) is 24.6 Å². The number of nitrogens with one attached hydrogen (secondary N) is 1. The van der Waals surface area contributed by atoms with E-state index in [1.807, 2.05) is 6.92 Å². The second kappa shape index (κ2) is 5.05. The van der Waals surface area contributed by atoms with Gasteiger partial charge in [-0.25, -0.2) is 8.78 Å². The van der Waals surface area contributed by atoms with Gasteiger partial charge in [0, 0.05) is 18.7 Å². The van der Waals surface area contributed by atoms with Crippen molar-refractivity contribution in [1.82, 2.24) is 10.5 Å². The Hall–Kier alpha value is -1.75. The Kier molecular flexibility index (Phi) is 3.49. The van der Waals surface area contributed by atoms with Crippen molar-refractivity contribution in [3.63, 3.8) is 0 Å². The lowest BCUT2D eigenvalue weighted by Crippen LogP contribution is -2.12. The lowest BCUT2D eigenvalue weighted by molar-refractivity contribution is 0.369. The second-order valence-corrected chi connectivity index (χ2v) is 3.82. The maximum atomic E-state index is 12.9. The van der Waals surface area contributed by atoms with E-state index in [1.54, 1.807) is 6.07 Å². The molecule has 0 bridgehead atoms. The van der Waals surface area contributed by atoms with Crippen LogP contribution < -0.4 is 5.32 Å². The van der Waals surface area contributed by atoms with E-state index in [1.165, 1.54) is 12.1 Å². The Labute approximate surface area is 97.4 Å². The van der Waals surface area contributed by atoms with Gasteiger partial charge in [-0.2, -0.15) is 0 Å². The molecule has 0 amide bonds. The molecule has 0 unspecified atom stereocenters. The molecule has 1 aromatic carbocycles. The van der Waals surface area contributed by atoms with Crippen molar-refractivity contribution in [2.24, 2.45) is 0 Å². The Morgan fingerprint density at radius 3 is 2.41 bits per heavy atom. The molecule has 1 aromatic heterocycles. The molecular weight excluding hydrogens is 226 g/mol. The van der Waals surface area contributed by atoms with Crippen molar-refractivity contribution in [1.29, 1.82) is 0 Å². The van der Waals surface area contributed by atoms with Crippen molar-refractivity contribution in [2.75, 3.05) is 0 Å². The van der Waals surface area contributed by atoms with Crippen molar-refractivity contribution < 1.29 is 13.3 Å². The fourth-order valence-electron chi connectivity index (χ4n) is 1.54. The van der Waals surface area contributed by atoms with Crippen LogP contribution in [0.25, 0.3) is 0 Å². The molecule has 0 saturated carbocycles. The molecule has 90 valence electrons. The van der Waals surface area contributed by atoms with E-state index in [-0.39, 0.29) is 0 Å². The van der Waals surface area contributed by atoms with Crippen LogP contribution in [-0.4, -0.2) is 5.16 Å². The molecule has 0 atom stereocenters. The molecule has 0 aliphatic carbocycles. The number of halogens is 2. The van der Waals surface area contributed by atoms with Crippen LogP contribution >= 0.6 is 0 Å². The molecule has 0 spiro atoms. The third-order valence-corrected chi connectivity index (χ3v) is 2.23. The lowest BCUT2D eigenvalue weighted by atomic mass is 10.2. The van der Waals surface area contributed by atoms with Gasteiger partial charge in [0.25, 0.3) is 0 Å².